The van der Waals surface area contributed by atoms with Gasteiger partial charge in [0.25, 0.3) is 11.8 Å². The van der Waals surface area contributed by atoms with Crippen molar-refractivity contribution in [2.24, 2.45) is 0 Å². The molecule has 0 aliphatic carbocycles. The van der Waals surface area contributed by atoms with E-state index in [9.17, 15) is 9.59 Å². The molecule has 1 heterocycles. The van der Waals surface area contributed by atoms with Gasteiger partial charge in [0.05, 0.1) is 12.7 Å². The maximum atomic E-state index is 12.8. The fraction of sp³-hybridized carbons (Fsp3) is 0.364. The molecule has 0 aromatic heterocycles. The Morgan fingerprint density at radius 3 is 2.25 bits per heavy atom. The smallest absolute Gasteiger partial charge is 0.260 e. The molecule has 2 aromatic rings. The van der Waals surface area contributed by atoms with Gasteiger partial charge in [0.1, 0.15) is 11.5 Å². The quantitative estimate of drug-likeness (QED) is 0.798. The van der Waals surface area contributed by atoms with Crippen LogP contribution in [-0.4, -0.2) is 61.5 Å². The van der Waals surface area contributed by atoms with Gasteiger partial charge < -0.3 is 19.3 Å². The van der Waals surface area contributed by atoms with Crippen molar-refractivity contribution in [3.8, 4) is 11.5 Å². The number of piperazine rings is 1. The first-order chi connectivity index (χ1) is 13.5. The fourth-order valence-electron chi connectivity index (χ4n) is 3.26. The third-order valence-corrected chi connectivity index (χ3v) is 5.16. The summed E-state index contributed by atoms with van der Waals surface area (Å²) in [5.41, 5.74) is 2.72. The molecule has 148 valence electrons. The van der Waals surface area contributed by atoms with Crippen molar-refractivity contribution in [2.75, 3.05) is 39.9 Å². The molecule has 0 unspecified atom stereocenters. The second kappa shape index (κ2) is 8.78. The van der Waals surface area contributed by atoms with Crippen molar-refractivity contribution in [1.29, 1.82) is 0 Å². The second-order valence-corrected chi connectivity index (χ2v) is 6.86. The van der Waals surface area contributed by atoms with Crippen molar-refractivity contribution < 1.29 is 19.1 Å². The molecule has 0 bridgehead atoms. The largest absolute Gasteiger partial charge is 0.496 e. The summed E-state index contributed by atoms with van der Waals surface area (Å²) < 4.78 is 11.0. The fourth-order valence-corrected chi connectivity index (χ4v) is 3.26. The van der Waals surface area contributed by atoms with Gasteiger partial charge in [-0.1, -0.05) is 24.3 Å². The summed E-state index contributed by atoms with van der Waals surface area (Å²) in [6.07, 6.45) is 0. The summed E-state index contributed by atoms with van der Waals surface area (Å²) in [4.78, 5) is 28.8. The molecule has 0 N–H and O–H groups in total. The molecule has 2 amide bonds. The Labute approximate surface area is 165 Å². The SMILES string of the molecule is COc1ccccc1C(=O)N1CCN(C(=O)COc2cccc(C)c2C)CC1. The van der Waals surface area contributed by atoms with Crippen LogP contribution in [0.15, 0.2) is 42.5 Å². The molecular formula is C22H26N2O4. The van der Waals surface area contributed by atoms with E-state index in [2.05, 4.69) is 0 Å². The Hall–Kier alpha value is -3.02. The number of rotatable bonds is 5. The van der Waals surface area contributed by atoms with Crippen LogP contribution in [0.5, 0.6) is 11.5 Å². The number of benzene rings is 2. The molecule has 6 heteroatoms. The van der Waals surface area contributed by atoms with Gasteiger partial charge in [-0.2, -0.15) is 0 Å². The van der Waals surface area contributed by atoms with Crippen LogP contribution in [0.1, 0.15) is 21.5 Å². The third kappa shape index (κ3) is 4.27. The minimum absolute atomic E-state index is 0.00471. The first-order valence-corrected chi connectivity index (χ1v) is 9.40. The Bertz CT molecular complexity index is 857. The molecule has 28 heavy (non-hydrogen) atoms. The molecule has 1 aliphatic rings. The van der Waals surface area contributed by atoms with Crippen LogP contribution in [0.4, 0.5) is 0 Å². The zero-order valence-corrected chi connectivity index (χ0v) is 16.6. The maximum Gasteiger partial charge on any atom is 0.260 e. The lowest BCUT2D eigenvalue weighted by Crippen LogP contribution is -2.51. The molecule has 0 radical (unpaired) electrons. The Morgan fingerprint density at radius 1 is 0.893 bits per heavy atom. The second-order valence-electron chi connectivity index (χ2n) is 6.86. The van der Waals surface area contributed by atoms with Crippen LogP contribution in [0.2, 0.25) is 0 Å². The van der Waals surface area contributed by atoms with Crippen molar-refractivity contribution >= 4 is 11.8 Å². The topological polar surface area (TPSA) is 59.1 Å². The average molecular weight is 382 g/mol. The van der Waals surface area contributed by atoms with E-state index in [1.54, 1.807) is 29.0 Å². The highest BCUT2D eigenvalue weighted by Crippen LogP contribution is 2.21. The van der Waals surface area contributed by atoms with Gasteiger partial charge in [0.15, 0.2) is 6.61 Å². The molecule has 0 spiro atoms. The summed E-state index contributed by atoms with van der Waals surface area (Å²) in [7, 11) is 1.55. The van der Waals surface area contributed by atoms with E-state index in [0.717, 1.165) is 16.9 Å². The zero-order chi connectivity index (χ0) is 20.1. The summed E-state index contributed by atoms with van der Waals surface area (Å²) in [6.45, 7) is 5.98. The predicted molar refractivity (Wildman–Crippen MR) is 107 cm³/mol. The Morgan fingerprint density at radius 2 is 1.54 bits per heavy atom. The first kappa shape index (κ1) is 19.7. The molecule has 3 rings (SSSR count). The number of carbonyl (C=O) groups excluding carboxylic acids is 2. The van der Waals surface area contributed by atoms with Gasteiger partial charge in [0, 0.05) is 26.2 Å². The summed E-state index contributed by atoms with van der Waals surface area (Å²) in [5.74, 6) is 1.16. The van der Waals surface area contributed by atoms with Gasteiger partial charge in [-0.05, 0) is 43.2 Å². The van der Waals surface area contributed by atoms with Crippen LogP contribution in [-0.2, 0) is 4.79 Å². The van der Waals surface area contributed by atoms with Gasteiger partial charge in [-0.25, -0.2) is 0 Å². The number of hydrogen-bond donors (Lipinski definition) is 0. The Kier molecular flexibility index (Phi) is 6.19. The molecular weight excluding hydrogens is 356 g/mol. The first-order valence-electron chi connectivity index (χ1n) is 9.40. The number of methoxy groups -OCH3 is 1. The van der Waals surface area contributed by atoms with Gasteiger partial charge in [-0.15, -0.1) is 0 Å². The number of para-hydroxylation sites is 1. The van der Waals surface area contributed by atoms with Crippen LogP contribution in [0.25, 0.3) is 0 Å². The molecule has 0 atom stereocenters. The van der Waals surface area contributed by atoms with Crippen LogP contribution in [0, 0.1) is 13.8 Å². The lowest BCUT2D eigenvalue weighted by Gasteiger charge is -2.35. The predicted octanol–water partition coefficient (Wildman–Crippen LogP) is 2.68. The van der Waals surface area contributed by atoms with E-state index < -0.39 is 0 Å². The average Bonchev–Trinajstić information content (AvgIpc) is 2.74. The van der Waals surface area contributed by atoms with Crippen molar-refractivity contribution in [3.05, 3.63) is 59.2 Å². The number of carbonyl (C=O) groups is 2. The highest BCUT2D eigenvalue weighted by molar-refractivity contribution is 5.97. The van der Waals surface area contributed by atoms with E-state index in [1.807, 2.05) is 44.2 Å². The van der Waals surface area contributed by atoms with Gasteiger partial charge >= 0.3 is 0 Å². The van der Waals surface area contributed by atoms with Gasteiger partial charge in [0.2, 0.25) is 0 Å². The van der Waals surface area contributed by atoms with Gasteiger partial charge in [-0.3, -0.25) is 9.59 Å². The number of nitrogens with zero attached hydrogens (tertiary/aromatic N) is 2. The Balaban J connectivity index is 1.54. The van der Waals surface area contributed by atoms with E-state index in [4.69, 9.17) is 9.47 Å². The maximum absolute atomic E-state index is 12.8. The summed E-state index contributed by atoms with van der Waals surface area (Å²) in [6, 6.07) is 13.0. The molecule has 1 saturated heterocycles. The minimum atomic E-state index is -0.0730. The third-order valence-electron chi connectivity index (χ3n) is 5.16. The highest BCUT2D eigenvalue weighted by atomic mass is 16.5. The van der Waals surface area contributed by atoms with Crippen molar-refractivity contribution in [1.82, 2.24) is 9.80 Å². The molecule has 2 aromatic carbocycles. The van der Waals surface area contributed by atoms with Crippen LogP contribution >= 0.6 is 0 Å². The minimum Gasteiger partial charge on any atom is -0.496 e. The molecule has 0 saturated carbocycles. The lowest BCUT2D eigenvalue weighted by molar-refractivity contribution is -0.134. The molecule has 1 fully saturated rings. The lowest BCUT2D eigenvalue weighted by atomic mass is 10.1. The number of aryl methyl sites for hydroxylation is 1. The normalized spacial score (nSPS) is 14.0. The van der Waals surface area contributed by atoms with E-state index in [1.165, 1.54) is 0 Å². The number of amides is 2. The van der Waals surface area contributed by atoms with Crippen molar-refractivity contribution in [3.63, 3.8) is 0 Å². The van der Waals surface area contributed by atoms with E-state index in [-0.39, 0.29) is 18.4 Å². The van der Waals surface area contributed by atoms with Crippen LogP contribution in [0.3, 0.4) is 0 Å². The standard InChI is InChI=1S/C22H26N2O4/c1-16-7-6-10-19(17(16)2)28-15-21(25)23-11-13-24(14-12-23)22(26)18-8-4-5-9-20(18)27-3/h4-10H,11-15H2,1-3H3. The molecule has 1 aliphatic heterocycles. The highest BCUT2D eigenvalue weighted by Gasteiger charge is 2.26. The monoisotopic (exact) mass is 382 g/mol. The van der Waals surface area contributed by atoms with Crippen molar-refractivity contribution in [2.45, 2.75) is 13.8 Å². The number of ether oxygens (including phenoxy) is 2. The van der Waals surface area contributed by atoms with E-state index >= 15 is 0 Å². The summed E-state index contributed by atoms with van der Waals surface area (Å²) >= 11 is 0. The molecule has 6 nitrogen and oxygen atoms in total. The zero-order valence-electron chi connectivity index (χ0n) is 16.6. The number of hydrogen-bond acceptors (Lipinski definition) is 4. The summed E-state index contributed by atoms with van der Waals surface area (Å²) in [5, 5.41) is 0. The van der Waals surface area contributed by atoms with E-state index in [0.29, 0.717) is 37.5 Å². The van der Waals surface area contributed by atoms with Crippen LogP contribution < -0.4 is 9.47 Å².